The fraction of sp³-hybridized carbons (Fsp3) is 0.0909. The first-order valence-electron chi connectivity index (χ1n) is 9.89. The van der Waals surface area contributed by atoms with Crippen LogP contribution in [0, 0.1) is 0 Å². The van der Waals surface area contributed by atoms with Crippen LogP contribution >= 0.6 is 0 Å². The van der Waals surface area contributed by atoms with Crippen LogP contribution in [0.2, 0.25) is 0 Å². The first-order chi connectivity index (χ1) is 16.7. The molecule has 2 heterocycles. The molecular formula is C22H15F3N6O4. The van der Waals surface area contributed by atoms with Gasteiger partial charge < -0.3 is 10.1 Å². The quantitative estimate of drug-likeness (QED) is 0.412. The molecule has 2 aromatic heterocycles. The number of carbonyl (C=O) groups excluding carboxylic acids is 2. The molecule has 0 saturated heterocycles. The van der Waals surface area contributed by atoms with Crippen LogP contribution in [0.5, 0.6) is 11.5 Å². The second kappa shape index (κ2) is 9.69. The minimum atomic E-state index is -5.18. The molecule has 4 rings (SSSR count). The van der Waals surface area contributed by atoms with Crippen molar-refractivity contribution in [2.75, 3.05) is 12.1 Å². The zero-order valence-electron chi connectivity index (χ0n) is 17.9. The van der Waals surface area contributed by atoms with Crippen LogP contribution in [-0.2, 0) is 4.84 Å². The third kappa shape index (κ3) is 5.65. The molecule has 0 atom stereocenters. The molecule has 0 aliphatic carbocycles. The highest BCUT2D eigenvalue weighted by Gasteiger charge is 2.38. The van der Waals surface area contributed by atoms with Crippen LogP contribution < -0.4 is 15.1 Å². The number of ether oxygens (including phenoxy) is 1. The Balaban J connectivity index is 1.63. The van der Waals surface area contributed by atoms with Crippen molar-refractivity contribution in [2.45, 2.75) is 6.36 Å². The van der Waals surface area contributed by atoms with E-state index >= 15 is 0 Å². The van der Waals surface area contributed by atoms with Crippen molar-refractivity contribution in [3.8, 4) is 11.5 Å². The number of benzene rings is 2. The van der Waals surface area contributed by atoms with Crippen LogP contribution in [0.25, 0.3) is 11.0 Å². The number of amides is 2. The zero-order chi connectivity index (χ0) is 25.0. The molecular weight excluding hydrogens is 469 g/mol. The molecule has 10 nitrogen and oxygen atoms in total. The van der Waals surface area contributed by atoms with Gasteiger partial charge in [0, 0.05) is 30.9 Å². The van der Waals surface area contributed by atoms with Gasteiger partial charge in [0.05, 0.1) is 5.52 Å². The number of fused-ring (bicyclic) bond motifs is 1. The van der Waals surface area contributed by atoms with E-state index in [9.17, 15) is 22.8 Å². The predicted octanol–water partition coefficient (Wildman–Crippen LogP) is 3.67. The molecule has 178 valence electrons. The Labute approximate surface area is 195 Å². The topological polar surface area (TPSA) is 119 Å². The smallest absolute Gasteiger partial charge is 0.457 e. The maximum absolute atomic E-state index is 13.0. The molecule has 4 aromatic rings. The molecule has 0 radical (unpaired) electrons. The van der Waals surface area contributed by atoms with E-state index in [0.29, 0.717) is 11.5 Å². The fourth-order valence-corrected chi connectivity index (χ4v) is 2.89. The van der Waals surface area contributed by atoms with Crippen LogP contribution in [0.3, 0.4) is 0 Å². The van der Waals surface area contributed by atoms with Crippen molar-refractivity contribution >= 4 is 28.8 Å². The van der Waals surface area contributed by atoms with Crippen LogP contribution in [0.4, 0.5) is 19.1 Å². The van der Waals surface area contributed by atoms with Gasteiger partial charge in [0.25, 0.3) is 17.8 Å². The van der Waals surface area contributed by atoms with Crippen molar-refractivity contribution < 1.29 is 32.3 Å². The van der Waals surface area contributed by atoms with Gasteiger partial charge >= 0.3 is 6.36 Å². The summed E-state index contributed by atoms with van der Waals surface area (Å²) >= 11 is 0. The molecule has 13 heteroatoms. The lowest BCUT2D eigenvalue weighted by molar-refractivity contribution is -0.325. The van der Waals surface area contributed by atoms with Gasteiger partial charge in [-0.05, 0) is 30.3 Å². The van der Waals surface area contributed by atoms with Crippen molar-refractivity contribution in [1.82, 2.24) is 25.5 Å². The molecule has 2 aromatic carbocycles. The highest BCUT2D eigenvalue weighted by Crippen LogP contribution is 2.27. The lowest BCUT2D eigenvalue weighted by atomic mass is 10.2. The summed E-state index contributed by atoms with van der Waals surface area (Å²) in [4.78, 5) is 36.2. The van der Waals surface area contributed by atoms with Gasteiger partial charge in [-0.25, -0.2) is 4.98 Å². The number of hydrogen-bond acceptors (Lipinski definition) is 8. The van der Waals surface area contributed by atoms with Gasteiger partial charge in [0.2, 0.25) is 0 Å². The SMILES string of the molecule is CNC(=O)c1cc(Oc2ccc3nc(N(OC(F)(F)F)C(=O)c4ccccc4)nnc3c2)ccn1. The number of alkyl halides is 3. The van der Waals surface area contributed by atoms with E-state index < -0.39 is 24.1 Å². The molecule has 0 saturated carbocycles. The van der Waals surface area contributed by atoms with Crippen molar-refractivity contribution in [3.63, 3.8) is 0 Å². The second-order valence-corrected chi connectivity index (χ2v) is 6.82. The Kier molecular flexibility index (Phi) is 6.51. The van der Waals surface area contributed by atoms with Gasteiger partial charge in [0.1, 0.15) is 22.7 Å². The number of hydrogen-bond donors (Lipinski definition) is 1. The minimum Gasteiger partial charge on any atom is -0.457 e. The number of carbonyl (C=O) groups is 2. The zero-order valence-corrected chi connectivity index (χ0v) is 17.9. The average Bonchev–Trinajstić information content (AvgIpc) is 2.86. The average molecular weight is 484 g/mol. The van der Waals surface area contributed by atoms with Crippen LogP contribution in [0.15, 0.2) is 66.9 Å². The molecule has 0 aliphatic rings. The first-order valence-corrected chi connectivity index (χ1v) is 9.89. The Hall–Kier alpha value is -4.65. The summed E-state index contributed by atoms with van der Waals surface area (Å²) in [6, 6.07) is 14.5. The Bertz CT molecular complexity index is 1380. The Morgan fingerprint density at radius 2 is 1.69 bits per heavy atom. The van der Waals surface area contributed by atoms with Crippen molar-refractivity contribution in [3.05, 3.63) is 78.1 Å². The van der Waals surface area contributed by atoms with Crippen molar-refractivity contribution in [1.29, 1.82) is 0 Å². The monoisotopic (exact) mass is 484 g/mol. The van der Waals surface area contributed by atoms with Crippen LogP contribution in [-0.4, -0.2) is 45.4 Å². The predicted molar refractivity (Wildman–Crippen MR) is 115 cm³/mol. The molecule has 2 amide bonds. The standard InChI is InChI=1S/C22H15F3N6O4/c1-26-19(32)18-12-15(9-10-27-18)34-14-7-8-16-17(11-14)29-30-21(28-16)31(35-22(23,24)25)20(33)13-5-3-2-4-6-13/h2-12H,1H3,(H,26,32). The molecule has 1 N–H and O–H groups in total. The summed E-state index contributed by atoms with van der Waals surface area (Å²) < 4.78 is 44.7. The number of anilines is 1. The number of hydroxylamine groups is 1. The number of pyridine rings is 1. The van der Waals surface area contributed by atoms with Gasteiger partial charge in [-0.2, -0.15) is 4.84 Å². The lowest BCUT2D eigenvalue weighted by Crippen LogP contribution is -2.38. The highest BCUT2D eigenvalue weighted by atomic mass is 19.4. The highest BCUT2D eigenvalue weighted by molar-refractivity contribution is 6.03. The minimum absolute atomic E-state index is 0.0660. The fourth-order valence-electron chi connectivity index (χ4n) is 2.89. The van der Waals surface area contributed by atoms with E-state index in [1.165, 1.54) is 67.8 Å². The molecule has 0 unspecified atom stereocenters. The van der Waals surface area contributed by atoms with E-state index in [2.05, 4.69) is 30.3 Å². The van der Waals surface area contributed by atoms with Gasteiger partial charge in [-0.1, -0.05) is 18.2 Å². The summed E-state index contributed by atoms with van der Waals surface area (Å²) in [7, 11) is 1.47. The van der Waals surface area contributed by atoms with E-state index in [0.717, 1.165) is 0 Å². The molecule has 35 heavy (non-hydrogen) atoms. The number of nitrogens with zero attached hydrogens (tertiary/aromatic N) is 5. The third-order valence-corrected chi connectivity index (χ3v) is 4.42. The molecule has 0 bridgehead atoms. The first kappa shape index (κ1) is 23.5. The number of nitrogens with one attached hydrogen (secondary N) is 1. The van der Waals surface area contributed by atoms with Crippen molar-refractivity contribution in [2.24, 2.45) is 0 Å². The Morgan fingerprint density at radius 3 is 2.40 bits per heavy atom. The maximum Gasteiger partial charge on any atom is 0.544 e. The largest absolute Gasteiger partial charge is 0.544 e. The van der Waals surface area contributed by atoms with Gasteiger partial charge in [-0.15, -0.1) is 28.4 Å². The number of rotatable bonds is 6. The maximum atomic E-state index is 13.0. The number of aromatic nitrogens is 4. The number of halogens is 3. The lowest BCUT2D eigenvalue weighted by Gasteiger charge is -2.20. The molecule has 0 aliphatic heterocycles. The normalized spacial score (nSPS) is 11.2. The van der Waals surface area contributed by atoms with E-state index in [4.69, 9.17) is 4.74 Å². The second-order valence-electron chi connectivity index (χ2n) is 6.82. The van der Waals surface area contributed by atoms with E-state index in [1.54, 1.807) is 6.07 Å². The summed E-state index contributed by atoms with van der Waals surface area (Å²) in [5.74, 6) is -1.63. The van der Waals surface area contributed by atoms with E-state index in [1.807, 2.05) is 0 Å². The van der Waals surface area contributed by atoms with Crippen LogP contribution in [0.1, 0.15) is 20.8 Å². The summed E-state index contributed by atoms with van der Waals surface area (Å²) in [5, 5.41) is 9.88. The third-order valence-electron chi connectivity index (χ3n) is 4.42. The van der Waals surface area contributed by atoms with Gasteiger partial charge in [0.15, 0.2) is 0 Å². The van der Waals surface area contributed by atoms with E-state index in [-0.39, 0.29) is 27.4 Å². The molecule has 0 fully saturated rings. The summed E-state index contributed by atoms with van der Waals surface area (Å²) in [5.41, 5.74) is 0.369. The summed E-state index contributed by atoms with van der Waals surface area (Å²) in [6.45, 7) is 0. The summed E-state index contributed by atoms with van der Waals surface area (Å²) in [6.07, 6.45) is -3.79. The van der Waals surface area contributed by atoms with Gasteiger partial charge in [-0.3, -0.25) is 14.6 Å². The Morgan fingerprint density at radius 1 is 0.943 bits per heavy atom. The molecule has 0 spiro atoms.